The molecular weight excluding hydrogens is 636 g/mol. The van der Waals surface area contributed by atoms with Gasteiger partial charge < -0.3 is 56.3 Å². The quantitative estimate of drug-likeness (QED) is 0.0803. The molecule has 0 radical (unpaired) electrons. The summed E-state index contributed by atoms with van der Waals surface area (Å²) < 4.78 is 9.61. The van der Waals surface area contributed by atoms with E-state index in [9.17, 15) is 48.9 Å². The van der Waals surface area contributed by atoms with Crippen LogP contribution < -0.4 is 26.6 Å². The number of hydrogen-bond acceptors (Lipinski definition) is 12. The number of alkyl carbamates (subject to hydrolysis) is 1. The number of aliphatic hydroxyl groups is 3. The van der Waals surface area contributed by atoms with Crippen LogP contribution in [-0.2, 0) is 44.8 Å². The van der Waals surface area contributed by atoms with Crippen molar-refractivity contribution in [2.75, 3.05) is 26.8 Å². The molecule has 8 N–H and O–H groups in total. The van der Waals surface area contributed by atoms with E-state index >= 15 is 0 Å². The molecule has 1 aliphatic heterocycles. The first-order valence-corrected chi connectivity index (χ1v) is 15.2. The fourth-order valence-corrected chi connectivity index (χ4v) is 4.63. The average Bonchev–Trinajstić information content (AvgIpc) is 3.56. The van der Waals surface area contributed by atoms with Gasteiger partial charge in [0.05, 0.1) is 32.5 Å². The second-order valence-corrected chi connectivity index (χ2v) is 11.1. The largest absolute Gasteiger partial charge is 0.467 e. The Morgan fingerprint density at radius 3 is 2.10 bits per heavy atom. The van der Waals surface area contributed by atoms with E-state index in [4.69, 9.17) is 4.74 Å². The van der Waals surface area contributed by atoms with Gasteiger partial charge in [-0.25, -0.2) is 9.59 Å². The lowest BCUT2D eigenvalue weighted by molar-refractivity contribution is -0.148. The summed E-state index contributed by atoms with van der Waals surface area (Å²) in [5.41, 5.74) is 0.680. The molecule has 48 heavy (non-hydrogen) atoms. The topological polar surface area (TPSA) is 262 Å². The Balaban J connectivity index is 1.91. The van der Waals surface area contributed by atoms with Crippen molar-refractivity contribution < 1.29 is 58.4 Å². The Morgan fingerprint density at radius 1 is 0.875 bits per heavy atom. The zero-order chi connectivity index (χ0) is 36.0. The van der Waals surface area contributed by atoms with Gasteiger partial charge in [-0.3, -0.25) is 24.0 Å². The highest BCUT2D eigenvalue weighted by atomic mass is 16.5. The zero-order valence-electron chi connectivity index (χ0n) is 27.1. The summed E-state index contributed by atoms with van der Waals surface area (Å²) in [6.07, 6.45) is -3.00. The number of amides is 6. The third kappa shape index (κ3) is 11.8. The summed E-state index contributed by atoms with van der Waals surface area (Å²) >= 11 is 0. The first-order valence-electron chi connectivity index (χ1n) is 15.2. The van der Waals surface area contributed by atoms with Gasteiger partial charge in [-0.1, -0.05) is 30.3 Å². The van der Waals surface area contributed by atoms with Crippen molar-refractivity contribution in [1.82, 2.24) is 31.5 Å². The number of benzene rings is 1. The molecule has 18 nitrogen and oxygen atoms in total. The van der Waals surface area contributed by atoms with Gasteiger partial charge in [0.2, 0.25) is 29.5 Å². The maximum absolute atomic E-state index is 13.0. The maximum atomic E-state index is 13.0. The Bertz CT molecular complexity index is 1290. The van der Waals surface area contributed by atoms with Crippen molar-refractivity contribution in [2.45, 2.75) is 82.6 Å². The van der Waals surface area contributed by atoms with Crippen LogP contribution in [0, 0.1) is 0 Å². The number of methoxy groups -OCH3 is 1. The SMILES string of the molecule is COC(=O)C(NC(=O)C(C)NC(=O)C1CCCN1C(=O)CNC(=O)C(CO)NC(=O)C(NC(=O)OCc1ccccc1)C(C)O)C(C)O. The fourth-order valence-electron chi connectivity index (χ4n) is 4.63. The number of nitrogens with zero attached hydrogens (tertiary/aromatic N) is 1. The van der Waals surface area contributed by atoms with Crippen LogP contribution in [0.15, 0.2) is 30.3 Å². The van der Waals surface area contributed by atoms with Crippen molar-refractivity contribution >= 4 is 41.6 Å². The Hall–Kier alpha value is -4.81. The van der Waals surface area contributed by atoms with Gasteiger partial charge >= 0.3 is 12.1 Å². The fraction of sp³-hybridized carbons (Fsp3) is 0.567. The van der Waals surface area contributed by atoms with E-state index in [0.29, 0.717) is 12.0 Å². The summed E-state index contributed by atoms with van der Waals surface area (Å²) in [7, 11) is 1.09. The number of likely N-dealkylation sites (tertiary alicyclic amines) is 1. The lowest BCUT2D eigenvalue weighted by atomic mass is 10.1. The van der Waals surface area contributed by atoms with Crippen LogP contribution in [0.2, 0.25) is 0 Å². The number of carbonyl (C=O) groups is 7. The van der Waals surface area contributed by atoms with E-state index in [0.717, 1.165) is 7.11 Å². The Kier molecular flexibility index (Phi) is 15.7. The molecule has 266 valence electrons. The third-order valence-corrected chi connectivity index (χ3v) is 7.34. The minimum atomic E-state index is -1.57. The Morgan fingerprint density at radius 2 is 1.52 bits per heavy atom. The van der Waals surface area contributed by atoms with E-state index < -0.39 is 97.2 Å². The van der Waals surface area contributed by atoms with Gasteiger partial charge in [0.1, 0.15) is 30.8 Å². The smallest absolute Gasteiger partial charge is 0.408 e. The molecule has 1 heterocycles. The highest BCUT2D eigenvalue weighted by Crippen LogP contribution is 2.17. The number of hydrogen-bond donors (Lipinski definition) is 8. The average molecular weight is 681 g/mol. The predicted molar refractivity (Wildman–Crippen MR) is 165 cm³/mol. The molecule has 0 saturated carbocycles. The molecule has 2 rings (SSSR count). The molecular formula is C30H44N6O12. The molecule has 1 aromatic rings. The number of aliphatic hydroxyl groups excluding tert-OH is 3. The van der Waals surface area contributed by atoms with Gasteiger partial charge in [0.15, 0.2) is 6.04 Å². The van der Waals surface area contributed by atoms with Crippen molar-refractivity contribution in [2.24, 2.45) is 0 Å². The summed E-state index contributed by atoms with van der Waals surface area (Å²) in [5.74, 6) is -4.96. The standard InChI is InChI=1S/C30H44N6O12/c1-16(25(41)34-24(18(3)39)29(45)47-4)32-27(43)21-11-8-12-36(21)22(40)13-31-26(42)20(14-37)33-28(44)23(17(2)38)35-30(46)48-15-19-9-6-5-7-10-19/h5-7,9-10,16-18,20-21,23-24,37-39H,8,11-15H2,1-4H3,(H,31,42)(H,32,43)(H,33,44)(H,34,41)(H,35,46). The van der Waals surface area contributed by atoms with E-state index in [1.807, 2.05) is 0 Å². The van der Waals surface area contributed by atoms with E-state index in [1.165, 1.54) is 25.7 Å². The second-order valence-electron chi connectivity index (χ2n) is 11.1. The van der Waals surface area contributed by atoms with Crippen LogP contribution in [0.3, 0.4) is 0 Å². The normalized spacial score (nSPS) is 17.7. The third-order valence-electron chi connectivity index (χ3n) is 7.34. The predicted octanol–water partition coefficient (Wildman–Crippen LogP) is -3.21. The summed E-state index contributed by atoms with van der Waals surface area (Å²) in [6.45, 7) is 2.41. The van der Waals surface area contributed by atoms with Crippen LogP contribution in [0.5, 0.6) is 0 Å². The minimum absolute atomic E-state index is 0.105. The highest BCUT2D eigenvalue weighted by molar-refractivity contribution is 5.96. The lowest BCUT2D eigenvalue weighted by Gasteiger charge is -2.27. The van der Waals surface area contributed by atoms with E-state index in [-0.39, 0.29) is 19.6 Å². The van der Waals surface area contributed by atoms with Crippen molar-refractivity contribution in [3.63, 3.8) is 0 Å². The van der Waals surface area contributed by atoms with Gasteiger partial charge in [-0.05, 0) is 39.2 Å². The number of esters is 1. The molecule has 1 fully saturated rings. The highest BCUT2D eigenvalue weighted by Gasteiger charge is 2.37. The van der Waals surface area contributed by atoms with Crippen LogP contribution in [0.1, 0.15) is 39.2 Å². The van der Waals surface area contributed by atoms with Crippen LogP contribution >= 0.6 is 0 Å². The van der Waals surface area contributed by atoms with Crippen molar-refractivity contribution in [1.29, 1.82) is 0 Å². The second kappa shape index (κ2) is 19.1. The number of carbonyl (C=O) groups excluding carboxylic acids is 7. The molecule has 0 aliphatic carbocycles. The number of nitrogens with one attached hydrogen (secondary N) is 5. The van der Waals surface area contributed by atoms with Crippen molar-refractivity contribution in [3.8, 4) is 0 Å². The van der Waals surface area contributed by atoms with Gasteiger partial charge in [0, 0.05) is 6.54 Å². The number of rotatable bonds is 16. The monoisotopic (exact) mass is 680 g/mol. The lowest BCUT2D eigenvalue weighted by Crippen LogP contribution is -2.59. The summed E-state index contributed by atoms with van der Waals surface area (Å²) in [4.78, 5) is 89.2. The molecule has 18 heteroatoms. The van der Waals surface area contributed by atoms with Gasteiger partial charge in [-0.2, -0.15) is 0 Å². The Labute approximate surface area is 276 Å². The molecule has 7 unspecified atom stereocenters. The molecule has 7 atom stereocenters. The van der Waals surface area contributed by atoms with Crippen LogP contribution in [-0.4, -0.2) is 131 Å². The summed E-state index contributed by atoms with van der Waals surface area (Å²) in [5, 5.41) is 41.0. The summed E-state index contributed by atoms with van der Waals surface area (Å²) in [6, 6.07) is 2.08. The molecule has 1 saturated heterocycles. The molecule has 0 spiro atoms. The zero-order valence-corrected chi connectivity index (χ0v) is 27.1. The molecule has 6 amide bonds. The van der Waals surface area contributed by atoms with E-state index in [1.54, 1.807) is 30.3 Å². The molecule has 0 bridgehead atoms. The van der Waals surface area contributed by atoms with Crippen LogP contribution in [0.4, 0.5) is 4.79 Å². The minimum Gasteiger partial charge on any atom is -0.467 e. The molecule has 1 aliphatic rings. The van der Waals surface area contributed by atoms with Gasteiger partial charge in [-0.15, -0.1) is 0 Å². The number of ether oxygens (including phenoxy) is 2. The van der Waals surface area contributed by atoms with Crippen LogP contribution in [0.25, 0.3) is 0 Å². The molecule has 1 aromatic carbocycles. The molecule has 0 aromatic heterocycles. The van der Waals surface area contributed by atoms with Gasteiger partial charge in [0.25, 0.3) is 0 Å². The van der Waals surface area contributed by atoms with Crippen molar-refractivity contribution in [3.05, 3.63) is 35.9 Å². The first kappa shape index (κ1) is 39.4. The first-order chi connectivity index (χ1) is 22.7. The van der Waals surface area contributed by atoms with E-state index in [2.05, 4.69) is 31.3 Å². The maximum Gasteiger partial charge on any atom is 0.408 e.